The SMILES string of the molecule is Cc1ccc(Cl)cc1N1CC[NH+]([C@H]2CC(=O)N(Cc3ccc(Cl)cc3)C2=O)CC1. The van der Waals surface area contributed by atoms with Crippen molar-refractivity contribution in [3.63, 3.8) is 0 Å². The fourth-order valence-electron chi connectivity index (χ4n) is 4.25. The van der Waals surface area contributed by atoms with E-state index in [9.17, 15) is 9.59 Å². The number of carbonyl (C=O) groups excluding carboxylic acids is 2. The fraction of sp³-hybridized carbons (Fsp3) is 0.364. The smallest absolute Gasteiger partial charge is 0.288 e. The van der Waals surface area contributed by atoms with Gasteiger partial charge >= 0.3 is 0 Å². The number of likely N-dealkylation sites (tertiary alicyclic amines) is 1. The minimum Gasteiger partial charge on any atom is -0.360 e. The molecule has 29 heavy (non-hydrogen) atoms. The molecule has 0 saturated carbocycles. The Labute approximate surface area is 180 Å². The first-order valence-electron chi connectivity index (χ1n) is 9.86. The van der Waals surface area contributed by atoms with Crippen molar-refractivity contribution in [1.82, 2.24) is 4.90 Å². The zero-order valence-electron chi connectivity index (χ0n) is 16.3. The molecule has 2 aliphatic rings. The van der Waals surface area contributed by atoms with Crippen LogP contribution in [0.4, 0.5) is 5.69 Å². The first-order valence-corrected chi connectivity index (χ1v) is 10.6. The number of hydrogen-bond acceptors (Lipinski definition) is 3. The number of hydrogen-bond donors (Lipinski definition) is 1. The molecule has 5 nitrogen and oxygen atoms in total. The van der Waals surface area contributed by atoms with E-state index in [4.69, 9.17) is 23.2 Å². The Morgan fingerprint density at radius 3 is 2.34 bits per heavy atom. The summed E-state index contributed by atoms with van der Waals surface area (Å²) in [6, 6.07) is 12.9. The number of carbonyl (C=O) groups is 2. The van der Waals surface area contributed by atoms with Gasteiger partial charge in [0.1, 0.15) is 0 Å². The number of nitrogens with one attached hydrogen (secondary N) is 1. The van der Waals surface area contributed by atoms with E-state index in [0.717, 1.165) is 42.5 Å². The number of amides is 2. The van der Waals surface area contributed by atoms with E-state index in [1.807, 2.05) is 30.3 Å². The standard InChI is InChI=1S/C22H23Cl2N3O2/c1-15-2-5-18(24)12-19(15)25-8-10-26(11-9-25)20-13-21(28)27(22(20)29)14-16-3-6-17(23)7-4-16/h2-7,12,20H,8-11,13-14H2,1H3/p+1/t20-/m0/s1. The molecule has 0 spiro atoms. The van der Waals surface area contributed by atoms with E-state index in [2.05, 4.69) is 11.8 Å². The van der Waals surface area contributed by atoms with Crippen LogP contribution in [0, 0.1) is 6.92 Å². The normalized spacial score (nSPS) is 20.6. The van der Waals surface area contributed by atoms with Crippen LogP contribution in [-0.2, 0) is 16.1 Å². The number of imide groups is 1. The molecule has 0 radical (unpaired) electrons. The van der Waals surface area contributed by atoms with Gasteiger partial charge in [-0.15, -0.1) is 0 Å². The average molecular weight is 433 g/mol. The molecule has 0 aliphatic carbocycles. The topological polar surface area (TPSA) is 45.1 Å². The Morgan fingerprint density at radius 1 is 1.00 bits per heavy atom. The summed E-state index contributed by atoms with van der Waals surface area (Å²) in [5.74, 6) is -0.150. The van der Waals surface area contributed by atoms with Gasteiger partial charge in [0.2, 0.25) is 5.91 Å². The van der Waals surface area contributed by atoms with E-state index in [0.29, 0.717) is 11.6 Å². The summed E-state index contributed by atoms with van der Waals surface area (Å²) in [7, 11) is 0. The van der Waals surface area contributed by atoms with Crippen molar-refractivity contribution in [2.45, 2.75) is 25.9 Å². The number of piperazine rings is 1. The molecule has 0 bridgehead atoms. The molecule has 2 aliphatic heterocycles. The first-order chi connectivity index (χ1) is 13.9. The van der Waals surface area contributed by atoms with Crippen LogP contribution in [0.1, 0.15) is 17.5 Å². The maximum atomic E-state index is 13.0. The van der Waals surface area contributed by atoms with Crippen molar-refractivity contribution in [3.05, 3.63) is 63.6 Å². The summed E-state index contributed by atoms with van der Waals surface area (Å²) in [6.45, 7) is 5.72. The first kappa shape index (κ1) is 20.2. The highest BCUT2D eigenvalue weighted by Crippen LogP contribution is 2.24. The highest BCUT2D eigenvalue weighted by atomic mass is 35.5. The molecule has 152 valence electrons. The van der Waals surface area contributed by atoms with Gasteiger partial charge in [-0.25, -0.2) is 0 Å². The number of rotatable bonds is 4. The van der Waals surface area contributed by atoms with Gasteiger partial charge in [0.15, 0.2) is 6.04 Å². The van der Waals surface area contributed by atoms with E-state index < -0.39 is 0 Å². The monoisotopic (exact) mass is 432 g/mol. The van der Waals surface area contributed by atoms with Crippen LogP contribution in [-0.4, -0.2) is 48.9 Å². The third kappa shape index (κ3) is 4.27. The lowest BCUT2D eigenvalue weighted by atomic mass is 10.1. The number of quaternary nitrogens is 1. The lowest BCUT2D eigenvalue weighted by Crippen LogP contribution is -3.19. The summed E-state index contributed by atoms with van der Waals surface area (Å²) < 4.78 is 0. The van der Waals surface area contributed by atoms with E-state index >= 15 is 0 Å². The van der Waals surface area contributed by atoms with Crippen molar-refractivity contribution in [3.8, 4) is 0 Å². The molecule has 2 aromatic carbocycles. The Balaban J connectivity index is 1.40. The predicted octanol–water partition coefficient (Wildman–Crippen LogP) is 2.33. The summed E-state index contributed by atoms with van der Waals surface area (Å²) in [5.41, 5.74) is 3.25. The van der Waals surface area contributed by atoms with Crippen molar-refractivity contribution in [1.29, 1.82) is 0 Å². The van der Waals surface area contributed by atoms with Crippen LogP contribution >= 0.6 is 23.2 Å². The minimum atomic E-state index is -0.280. The number of nitrogens with zero attached hydrogens (tertiary/aromatic N) is 2. The molecule has 1 atom stereocenters. The molecular weight excluding hydrogens is 409 g/mol. The molecule has 2 fully saturated rings. The zero-order chi connectivity index (χ0) is 20.5. The van der Waals surface area contributed by atoms with Crippen molar-refractivity contribution >= 4 is 40.7 Å². The van der Waals surface area contributed by atoms with Crippen LogP contribution < -0.4 is 9.80 Å². The number of aryl methyl sites for hydroxylation is 1. The second-order valence-electron chi connectivity index (χ2n) is 7.78. The Bertz CT molecular complexity index is 924. The van der Waals surface area contributed by atoms with Crippen molar-refractivity contribution in [2.24, 2.45) is 0 Å². The van der Waals surface area contributed by atoms with Gasteiger partial charge in [-0.2, -0.15) is 0 Å². The van der Waals surface area contributed by atoms with Gasteiger partial charge in [-0.05, 0) is 42.3 Å². The Hall–Kier alpha value is -2.08. The Morgan fingerprint density at radius 2 is 1.66 bits per heavy atom. The molecule has 1 N–H and O–H groups in total. The third-order valence-electron chi connectivity index (χ3n) is 5.91. The maximum absolute atomic E-state index is 13.0. The average Bonchev–Trinajstić information content (AvgIpc) is 3.00. The van der Waals surface area contributed by atoms with Gasteiger partial charge in [0.05, 0.1) is 39.1 Å². The molecule has 0 unspecified atom stereocenters. The second-order valence-corrected chi connectivity index (χ2v) is 8.65. The lowest BCUT2D eigenvalue weighted by Gasteiger charge is -2.36. The summed E-state index contributed by atoms with van der Waals surface area (Å²) in [5, 5.41) is 1.37. The number of halogens is 2. The second kappa shape index (κ2) is 8.34. The lowest BCUT2D eigenvalue weighted by molar-refractivity contribution is -0.915. The molecule has 7 heteroatoms. The van der Waals surface area contributed by atoms with Crippen LogP contribution in [0.2, 0.25) is 10.0 Å². The third-order valence-corrected chi connectivity index (χ3v) is 6.40. The van der Waals surface area contributed by atoms with E-state index in [1.54, 1.807) is 12.1 Å². The van der Waals surface area contributed by atoms with Gasteiger partial charge in [-0.3, -0.25) is 14.5 Å². The summed E-state index contributed by atoms with van der Waals surface area (Å²) in [4.78, 5) is 30.4. The molecular formula is C22H24Cl2N3O2+. The van der Waals surface area contributed by atoms with Gasteiger partial charge < -0.3 is 9.80 Å². The quantitative estimate of drug-likeness (QED) is 0.754. The molecule has 2 saturated heterocycles. The molecule has 2 amide bonds. The van der Waals surface area contributed by atoms with Crippen LogP contribution in [0.15, 0.2) is 42.5 Å². The predicted molar refractivity (Wildman–Crippen MR) is 115 cm³/mol. The van der Waals surface area contributed by atoms with Crippen molar-refractivity contribution in [2.75, 3.05) is 31.1 Å². The van der Waals surface area contributed by atoms with E-state index in [-0.39, 0.29) is 24.3 Å². The largest absolute Gasteiger partial charge is 0.360 e. The Kier molecular flexibility index (Phi) is 5.81. The molecule has 2 heterocycles. The molecule has 4 rings (SSSR count). The molecule has 2 aromatic rings. The van der Waals surface area contributed by atoms with Gasteiger partial charge in [0, 0.05) is 15.7 Å². The van der Waals surface area contributed by atoms with Crippen LogP contribution in [0.5, 0.6) is 0 Å². The minimum absolute atomic E-state index is 0.0627. The summed E-state index contributed by atoms with van der Waals surface area (Å²) >= 11 is 12.1. The van der Waals surface area contributed by atoms with Crippen molar-refractivity contribution < 1.29 is 14.5 Å². The highest BCUT2D eigenvalue weighted by Gasteiger charge is 2.45. The number of anilines is 1. The van der Waals surface area contributed by atoms with Crippen LogP contribution in [0.3, 0.4) is 0 Å². The fourth-order valence-corrected chi connectivity index (χ4v) is 4.54. The van der Waals surface area contributed by atoms with Crippen LogP contribution in [0.25, 0.3) is 0 Å². The summed E-state index contributed by atoms with van der Waals surface area (Å²) in [6.07, 6.45) is 0.290. The highest BCUT2D eigenvalue weighted by molar-refractivity contribution is 6.31. The zero-order valence-corrected chi connectivity index (χ0v) is 17.8. The number of benzene rings is 2. The van der Waals surface area contributed by atoms with E-state index in [1.165, 1.54) is 15.4 Å². The van der Waals surface area contributed by atoms with Gasteiger partial charge in [0.25, 0.3) is 5.91 Å². The molecule has 0 aromatic heterocycles. The maximum Gasteiger partial charge on any atom is 0.288 e. The van der Waals surface area contributed by atoms with Gasteiger partial charge in [-0.1, -0.05) is 41.4 Å².